The molecule has 1 aromatic heterocycles. The number of benzene rings is 2. The maximum atomic E-state index is 11.0. The number of likely N-dealkylation sites (tertiary alicyclic amines) is 1. The van der Waals surface area contributed by atoms with Crippen molar-refractivity contribution in [3.05, 3.63) is 48.5 Å². The van der Waals surface area contributed by atoms with E-state index in [0.717, 1.165) is 35.5 Å². The standard InChI is InChI=1S/C29H38N4O3/c1-28(2)17-21(18-29(3,4)33(28)6)32(5)26-13-12-23(30-31-26)27-24(34)15-20(16-25(27)36-8)19-10-9-11-22(14-19)35-7/h9-16,21,34H,17-18H2,1-8H3. The number of aromatic nitrogens is 2. The molecule has 4 rings (SSSR count). The van der Waals surface area contributed by atoms with Crippen molar-refractivity contribution in [2.45, 2.75) is 57.7 Å². The van der Waals surface area contributed by atoms with Crippen LogP contribution in [0, 0.1) is 0 Å². The zero-order chi connectivity index (χ0) is 26.3. The molecular weight excluding hydrogens is 452 g/mol. The van der Waals surface area contributed by atoms with Gasteiger partial charge < -0.3 is 19.5 Å². The lowest BCUT2D eigenvalue weighted by molar-refractivity contribution is -0.0120. The van der Waals surface area contributed by atoms with Gasteiger partial charge in [0, 0.05) is 24.2 Å². The lowest BCUT2D eigenvalue weighted by Gasteiger charge is -2.55. The highest BCUT2D eigenvalue weighted by Crippen LogP contribution is 2.42. The number of anilines is 1. The molecule has 0 radical (unpaired) electrons. The van der Waals surface area contributed by atoms with E-state index in [1.807, 2.05) is 42.5 Å². The first-order chi connectivity index (χ1) is 17.0. The second-order valence-electron chi connectivity index (χ2n) is 10.9. The Bertz CT molecular complexity index is 1210. The molecule has 0 bridgehead atoms. The van der Waals surface area contributed by atoms with Crippen molar-refractivity contribution in [2.75, 3.05) is 33.2 Å². The van der Waals surface area contributed by atoms with E-state index >= 15 is 0 Å². The monoisotopic (exact) mass is 490 g/mol. The van der Waals surface area contributed by atoms with Crippen LogP contribution in [-0.2, 0) is 0 Å². The van der Waals surface area contributed by atoms with Gasteiger partial charge in [0.15, 0.2) is 5.82 Å². The summed E-state index contributed by atoms with van der Waals surface area (Å²) in [4.78, 5) is 4.71. The number of hydrogen-bond donors (Lipinski definition) is 1. The van der Waals surface area contributed by atoms with Crippen LogP contribution in [0.3, 0.4) is 0 Å². The van der Waals surface area contributed by atoms with Crippen molar-refractivity contribution in [3.63, 3.8) is 0 Å². The summed E-state index contributed by atoms with van der Waals surface area (Å²) in [6.07, 6.45) is 2.07. The Morgan fingerprint density at radius 1 is 0.917 bits per heavy atom. The summed E-state index contributed by atoms with van der Waals surface area (Å²) < 4.78 is 11.0. The van der Waals surface area contributed by atoms with Gasteiger partial charge in [-0.15, -0.1) is 10.2 Å². The molecule has 0 aliphatic carbocycles. The van der Waals surface area contributed by atoms with Crippen LogP contribution in [0.4, 0.5) is 5.82 Å². The maximum absolute atomic E-state index is 11.0. The average molecular weight is 491 g/mol. The van der Waals surface area contributed by atoms with Gasteiger partial charge in [-0.2, -0.15) is 0 Å². The number of ether oxygens (including phenoxy) is 2. The van der Waals surface area contributed by atoms with Crippen molar-refractivity contribution >= 4 is 5.82 Å². The molecule has 3 aromatic rings. The molecule has 2 aromatic carbocycles. The highest BCUT2D eigenvalue weighted by atomic mass is 16.5. The smallest absolute Gasteiger partial charge is 0.151 e. The quantitative estimate of drug-likeness (QED) is 0.481. The molecule has 1 fully saturated rings. The minimum atomic E-state index is 0.0811. The van der Waals surface area contributed by atoms with E-state index < -0.39 is 0 Å². The zero-order valence-corrected chi connectivity index (χ0v) is 22.7. The van der Waals surface area contributed by atoms with Crippen molar-refractivity contribution in [1.82, 2.24) is 15.1 Å². The molecule has 7 nitrogen and oxygen atoms in total. The van der Waals surface area contributed by atoms with E-state index in [-0.39, 0.29) is 16.8 Å². The van der Waals surface area contributed by atoms with Gasteiger partial charge in [-0.25, -0.2) is 0 Å². The van der Waals surface area contributed by atoms with Crippen molar-refractivity contribution < 1.29 is 14.6 Å². The van der Waals surface area contributed by atoms with Crippen LogP contribution >= 0.6 is 0 Å². The number of nitrogens with zero attached hydrogens (tertiary/aromatic N) is 4. The number of rotatable bonds is 6. The third-order valence-corrected chi connectivity index (χ3v) is 7.81. The lowest BCUT2D eigenvalue weighted by atomic mass is 9.77. The molecule has 0 spiro atoms. The molecule has 1 saturated heterocycles. The first-order valence-electron chi connectivity index (χ1n) is 12.3. The number of aromatic hydroxyl groups is 1. The van der Waals surface area contributed by atoms with E-state index in [2.05, 4.69) is 61.8 Å². The Morgan fingerprint density at radius 3 is 2.19 bits per heavy atom. The zero-order valence-electron chi connectivity index (χ0n) is 22.7. The van der Waals surface area contributed by atoms with E-state index in [4.69, 9.17) is 9.47 Å². The third-order valence-electron chi connectivity index (χ3n) is 7.81. The van der Waals surface area contributed by atoms with Gasteiger partial charge in [0.1, 0.15) is 22.9 Å². The van der Waals surface area contributed by atoms with E-state index in [1.54, 1.807) is 20.3 Å². The summed E-state index contributed by atoms with van der Waals surface area (Å²) in [5, 5.41) is 20.0. The molecule has 192 valence electrons. The number of phenols is 1. The number of phenolic OH excluding ortho intramolecular Hbond substituents is 1. The lowest BCUT2D eigenvalue weighted by Crippen LogP contribution is -2.62. The summed E-state index contributed by atoms with van der Waals surface area (Å²) in [6, 6.07) is 15.5. The van der Waals surface area contributed by atoms with E-state index in [0.29, 0.717) is 23.0 Å². The Morgan fingerprint density at radius 2 is 1.61 bits per heavy atom. The molecule has 0 unspecified atom stereocenters. The first kappa shape index (κ1) is 25.8. The first-order valence-corrected chi connectivity index (χ1v) is 12.3. The number of hydrogen-bond acceptors (Lipinski definition) is 7. The molecule has 0 atom stereocenters. The Labute approximate surface area is 214 Å². The van der Waals surface area contributed by atoms with E-state index in [9.17, 15) is 5.11 Å². The summed E-state index contributed by atoms with van der Waals surface area (Å²) in [6.45, 7) is 9.20. The number of methoxy groups -OCH3 is 2. The van der Waals surface area contributed by atoms with Gasteiger partial charge in [0.05, 0.1) is 19.8 Å². The molecule has 36 heavy (non-hydrogen) atoms. The predicted octanol–water partition coefficient (Wildman–Crippen LogP) is 5.62. The van der Waals surface area contributed by atoms with Gasteiger partial charge in [0.25, 0.3) is 0 Å². The minimum absolute atomic E-state index is 0.0811. The number of piperidine rings is 1. The molecule has 1 aliphatic rings. The molecule has 2 heterocycles. The van der Waals surface area contributed by atoms with Crippen LogP contribution in [0.25, 0.3) is 22.4 Å². The molecule has 1 N–H and O–H groups in total. The summed E-state index contributed by atoms with van der Waals surface area (Å²) >= 11 is 0. The van der Waals surface area contributed by atoms with Gasteiger partial charge in [-0.1, -0.05) is 12.1 Å². The van der Waals surface area contributed by atoms with E-state index in [1.165, 1.54) is 0 Å². The van der Waals surface area contributed by atoms with Crippen LogP contribution in [0.2, 0.25) is 0 Å². The molecular formula is C29H38N4O3. The van der Waals surface area contributed by atoms with Crippen molar-refractivity contribution in [1.29, 1.82) is 0 Å². The highest BCUT2D eigenvalue weighted by Gasteiger charge is 2.44. The Kier molecular flexibility index (Phi) is 6.88. The largest absolute Gasteiger partial charge is 0.507 e. The minimum Gasteiger partial charge on any atom is -0.507 e. The maximum Gasteiger partial charge on any atom is 0.151 e. The van der Waals surface area contributed by atoms with Gasteiger partial charge in [-0.05, 0) is 95.1 Å². The summed E-state index contributed by atoms with van der Waals surface area (Å²) in [5.41, 5.74) is 2.98. The second-order valence-corrected chi connectivity index (χ2v) is 10.9. The second kappa shape index (κ2) is 9.62. The van der Waals surface area contributed by atoms with Crippen LogP contribution in [0.5, 0.6) is 17.2 Å². The van der Waals surface area contributed by atoms with Crippen LogP contribution in [-0.4, -0.2) is 65.6 Å². The highest BCUT2D eigenvalue weighted by molar-refractivity contribution is 5.80. The van der Waals surface area contributed by atoms with Crippen LogP contribution in [0.15, 0.2) is 48.5 Å². The molecule has 0 amide bonds. The van der Waals surface area contributed by atoms with Gasteiger partial charge in [-0.3, -0.25) is 4.90 Å². The van der Waals surface area contributed by atoms with Crippen LogP contribution in [0.1, 0.15) is 40.5 Å². The van der Waals surface area contributed by atoms with Crippen molar-refractivity contribution in [3.8, 4) is 39.6 Å². The Hall–Kier alpha value is -3.32. The summed E-state index contributed by atoms with van der Waals surface area (Å²) in [5.74, 6) is 2.17. The van der Waals surface area contributed by atoms with Gasteiger partial charge in [0.2, 0.25) is 0 Å². The fraction of sp³-hybridized carbons (Fsp3) is 0.448. The predicted molar refractivity (Wildman–Crippen MR) is 145 cm³/mol. The van der Waals surface area contributed by atoms with Crippen LogP contribution < -0.4 is 14.4 Å². The fourth-order valence-electron chi connectivity index (χ4n) is 5.41. The average Bonchev–Trinajstić information content (AvgIpc) is 2.86. The molecule has 7 heteroatoms. The third kappa shape index (κ3) is 4.85. The normalized spacial score (nSPS) is 17.6. The fourth-order valence-corrected chi connectivity index (χ4v) is 5.41. The van der Waals surface area contributed by atoms with Crippen molar-refractivity contribution in [2.24, 2.45) is 0 Å². The van der Waals surface area contributed by atoms with Gasteiger partial charge >= 0.3 is 0 Å². The topological polar surface area (TPSA) is 71.0 Å². The Balaban J connectivity index is 1.62. The summed E-state index contributed by atoms with van der Waals surface area (Å²) in [7, 11) is 7.53. The molecule has 1 aliphatic heterocycles. The molecule has 0 saturated carbocycles. The SMILES string of the molecule is COc1cccc(-c2cc(O)c(-c3ccc(N(C)C4CC(C)(C)N(C)C(C)(C)C4)nn3)c(OC)c2)c1.